The number of halogens is 1. The highest BCUT2D eigenvalue weighted by Crippen LogP contribution is 2.08. The molecule has 0 bridgehead atoms. The highest BCUT2D eigenvalue weighted by atomic mass is 19.1. The normalized spacial score (nSPS) is 10.4. The SMILES string of the molecule is Cn1nc[c]c1Cc1ccc(F)cc1. The molecule has 0 atom stereocenters. The van der Waals surface area contributed by atoms with Gasteiger partial charge < -0.3 is 0 Å². The van der Waals surface area contributed by atoms with Gasteiger partial charge in [-0.05, 0) is 17.7 Å². The van der Waals surface area contributed by atoms with Gasteiger partial charge in [-0.25, -0.2) is 4.39 Å². The van der Waals surface area contributed by atoms with Crippen LogP contribution in [-0.4, -0.2) is 9.78 Å². The number of aryl methyl sites for hydroxylation is 1. The average Bonchev–Trinajstić information content (AvgIpc) is 2.56. The lowest BCUT2D eigenvalue weighted by atomic mass is 10.1. The molecule has 1 aromatic heterocycles. The highest BCUT2D eigenvalue weighted by Gasteiger charge is 2.00. The summed E-state index contributed by atoms with van der Waals surface area (Å²) in [7, 11) is 1.87. The van der Waals surface area contributed by atoms with Crippen LogP contribution < -0.4 is 0 Å². The zero-order valence-electron chi connectivity index (χ0n) is 7.87. The molecule has 1 aromatic carbocycles. The predicted molar refractivity (Wildman–Crippen MR) is 51.3 cm³/mol. The second-order valence-corrected chi connectivity index (χ2v) is 3.16. The average molecular weight is 189 g/mol. The number of nitrogens with zero attached hydrogens (tertiary/aromatic N) is 2. The first-order valence-electron chi connectivity index (χ1n) is 4.39. The van der Waals surface area contributed by atoms with E-state index < -0.39 is 0 Å². The molecule has 0 aliphatic carbocycles. The van der Waals surface area contributed by atoms with Crippen LogP contribution in [0.4, 0.5) is 4.39 Å². The molecule has 2 rings (SSSR count). The molecule has 0 spiro atoms. The third kappa shape index (κ3) is 1.82. The van der Waals surface area contributed by atoms with Gasteiger partial charge in [0.05, 0.1) is 11.9 Å². The van der Waals surface area contributed by atoms with E-state index in [-0.39, 0.29) is 5.82 Å². The molecule has 14 heavy (non-hydrogen) atoms. The molecule has 0 unspecified atom stereocenters. The Morgan fingerprint density at radius 2 is 2.07 bits per heavy atom. The summed E-state index contributed by atoms with van der Waals surface area (Å²) in [4.78, 5) is 0. The van der Waals surface area contributed by atoms with Crippen LogP contribution in [0.15, 0.2) is 30.5 Å². The summed E-state index contributed by atoms with van der Waals surface area (Å²) in [6.07, 6.45) is 2.37. The minimum absolute atomic E-state index is 0.206. The van der Waals surface area contributed by atoms with Crippen molar-refractivity contribution in [3.63, 3.8) is 0 Å². The van der Waals surface area contributed by atoms with Crippen molar-refractivity contribution in [2.75, 3.05) is 0 Å². The lowest BCUT2D eigenvalue weighted by Crippen LogP contribution is -1.98. The molecule has 0 aliphatic rings. The lowest BCUT2D eigenvalue weighted by Gasteiger charge is -2.01. The van der Waals surface area contributed by atoms with Crippen molar-refractivity contribution in [3.05, 3.63) is 53.6 Å². The maximum atomic E-state index is 12.6. The molecule has 3 heteroatoms. The largest absolute Gasteiger partial charge is 0.272 e. The van der Waals surface area contributed by atoms with Crippen molar-refractivity contribution in [1.29, 1.82) is 0 Å². The summed E-state index contributed by atoms with van der Waals surface area (Å²) in [6, 6.07) is 9.50. The fourth-order valence-corrected chi connectivity index (χ4v) is 1.31. The van der Waals surface area contributed by atoms with Gasteiger partial charge in [-0.2, -0.15) is 5.10 Å². The molecular formula is C11H10FN2. The summed E-state index contributed by atoms with van der Waals surface area (Å²) in [5, 5.41) is 4.02. The Labute approximate surface area is 82.0 Å². The van der Waals surface area contributed by atoms with Crippen LogP contribution in [0, 0.1) is 11.9 Å². The van der Waals surface area contributed by atoms with Crippen molar-refractivity contribution in [3.8, 4) is 0 Å². The molecule has 0 saturated carbocycles. The van der Waals surface area contributed by atoms with E-state index in [1.807, 2.05) is 7.05 Å². The number of hydrogen-bond donors (Lipinski definition) is 0. The van der Waals surface area contributed by atoms with E-state index in [4.69, 9.17) is 0 Å². The van der Waals surface area contributed by atoms with Gasteiger partial charge in [0.2, 0.25) is 0 Å². The maximum Gasteiger partial charge on any atom is 0.123 e. The Hall–Kier alpha value is -1.64. The minimum atomic E-state index is -0.206. The first kappa shape index (κ1) is 8.94. The third-order valence-electron chi connectivity index (χ3n) is 2.14. The van der Waals surface area contributed by atoms with Crippen LogP contribution in [0.25, 0.3) is 0 Å². The third-order valence-corrected chi connectivity index (χ3v) is 2.14. The van der Waals surface area contributed by atoms with E-state index in [1.165, 1.54) is 12.1 Å². The quantitative estimate of drug-likeness (QED) is 0.706. The lowest BCUT2D eigenvalue weighted by molar-refractivity contribution is 0.627. The Morgan fingerprint density at radius 3 is 2.64 bits per heavy atom. The van der Waals surface area contributed by atoms with Gasteiger partial charge in [0, 0.05) is 19.5 Å². The fourth-order valence-electron chi connectivity index (χ4n) is 1.31. The Balaban J connectivity index is 2.19. The van der Waals surface area contributed by atoms with Crippen LogP contribution in [0.5, 0.6) is 0 Å². The molecule has 0 aliphatic heterocycles. The Kier molecular flexibility index (Phi) is 2.31. The van der Waals surface area contributed by atoms with Crippen molar-refractivity contribution >= 4 is 0 Å². The van der Waals surface area contributed by atoms with Crippen molar-refractivity contribution < 1.29 is 4.39 Å². The van der Waals surface area contributed by atoms with E-state index >= 15 is 0 Å². The van der Waals surface area contributed by atoms with Crippen LogP contribution in [-0.2, 0) is 13.5 Å². The van der Waals surface area contributed by atoms with E-state index in [9.17, 15) is 4.39 Å². The summed E-state index contributed by atoms with van der Waals surface area (Å²) in [6.45, 7) is 0. The van der Waals surface area contributed by atoms with Crippen LogP contribution in [0.2, 0.25) is 0 Å². The smallest absolute Gasteiger partial charge is 0.123 e. The first-order valence-corrected chi connectivity index (χ1v) is 4.39. The number of benzene rings is 1. The standard InChI is InChI=1S/C11H10FN2/c1-14-11(6-7-13-14)8-9-2-4-10(12)5-3-9/h2-5,7H,8H2,1H3. The molecular weight excluding hydrogens is 179 g/mol. The minimum Gasteiger partial charge on any atom is -0.272 e. The Bertz CT molecular complexity index is 417. The molecule has 2 aromatic rings. The molecule has 71 valence electrons. The zero-order valence-corrected chi connectivity index (χ0v) is 7.87. The molecule has 0 amide bonds. The van der Waals surface area contributed by atoms with Gasteiger partial charge in [0.1, 0.15) is 5.82 Å². The van der Waals surface area contributed by atoms with Gasteiger partial charge in [0.25, 0.3) is 0 Å². The van der Waals surface area contributed by atoms with E-state index in [1.54, 1.807) is 23.0 Å². The van der Waals surface area contributed by atoms with Crippen LogP contribution in [0.3, 0.4) is 0 Å². The van der Waals surface area contributed by atoms with Crippen LogP contribution in [0.1, 0.15) is 11.3 Å². The second kappa shape index (κ2) is 3.62. The summed E-state index contributed by atoms with van der Waals surface area (Å²) < 4.78 is 14.4. The first-order chi connectivity index (χ1) is 6.75. The van der Waals surface area contributed by atoms with E-state index in [0.29, 0.717) is 0 Å². The van der Waals surface area contributed by atoms with Crippen molar-refractivity contribution in [1.82, 2.24) is 9.78 Å². The van der Waals surface area contributed by atoms with Crippen molar-refractivity contribution in [2.24, 2.45) is 7.05 Å². The van der Waals surface area contributed by atoms with Gasteiger partial charge in [0.15, 0.2) is 0 Å². The molecule has 1 heterocycles. The molecule has 0 saturated heterocycles. The van der Waals surface area contributed by atoms with Gasteiger partial charge >= 0.3 is 0 Å². The highest BCUT2D eigenvalue weighted by molar-refractivity contribution is 5.21. The molecule has 2 nitrogen and oxygen atoms in total. The van der Waals surface area contributed by atoms with Crippen LogP contribution >= 0.6 is 0 Å². The number of rotatable bonds is 2. The topological polar surface area (TPSA) is 17.8 Å². The number of aromatic nitrogens is 2. The summed E-state index contributed by atoms with van der Waals surface area (Å²) in [5.74, 6) is -0.206. The van der Waals surface area contributed by atoms with E-state index in [0.717, 1.165) is 17.7 Å². The zero-order chi connectivity index (χ0) is 9.97. The predicted octanol–water partition coefficient (Wildman–Crippen LogP) is 1.95. The van der Waals surface area contributed by atoms with E-state index in [2.05, 4.69) is 11.2 Å². The Morgan fingerprint density at radius 1 is 1.36 bits per heavy atom. The van der Waals surface area contributed by atoms with Gasteiger partial charge in [-0.15, -0.1) is 0 Å². The molecule has 0 N–H and O–H groups in total. The second-order valence-electron chi connectivity index (χ2n) is 3.16. The molecule has 0 fully saturated rings. The van der Waals surface area contributed by atoms with Gasteiger partial charge in [-0.1, -0.05) is 12.1 Å². The van der Waals surface area contributed by atoms with Gasteiger partial charge in [-0.3, -0.25) is 4.68 Å². The summed E-state index contributed by atoms with van der Waals surface area (Å²) in [5.41, 5.74) is 2.06. The number of hydrogen-bond acceptors (Lipinski definition) is 1. The maximum absolute atomic E-state index is 12.6. The van der Waals surface area contributed by atoms with Crippen molar-refractivity contribution in [2.45, 2.75) is 6.42 Å². The monoisotopic (exact) mass is 189 g/mol. The molecule has 1 radical (unpaired) electrons. The summed E-state index contributed by atoms with van der Waals surface area (Å²) >= 11 is 0. The fraction of sp³-hybridized carbons (Fsp3) is 0.182.